The lowest BCUT2D eigenvalue weighted by Crippen LogP contribution is -2.28. The van der Waals surface area contributed by atoms with Crippen LogP contribution in [-0.2, 0) is 16.1 Å². The van der Waals surface area contributed by atoms with Gasteiger partial charge in [0, 0.05) is 6.54 Å². The number of ether oxygens (including phenoxy) is 1. The summed E-state index contributed by atoms with van der Waals surface area (Å²) in [6, 6.07) is 14.3. The van der Waals surface area contributed by atoms with Gasteiger partial charge in [-0.25, -0.2) is 4.79 Å². The summed E-state index contributed by atoms with van der Waals surface area (Å²) in [5.41, 5.74) is 2.36. The van der Waals surface area contributed by atoms with E-state index in [0.717, 1.165) is 11.1 Å². The van der Waals surface area contributed by atoms with Crippen molar-refractivity contribution in [3.05, 3.63) is 70.2 Å². The number of halogens is 1. The second-order valence-electron chi connectivity index (χ2n) is 4.76. The molecule has 0 saturated carbocycles. The van der Waals surface area contributed by atoms with Gasteiger partial charge >= 0.3 is 5.97 Å². The number of hydrogen-bond acceptors (Lipinski definition) is 3. The number of carbonyl (C=O) groups excluding carboxylic acids is 2. The lowest BCUT2D eigenvalue weighted by Gasteiger charge is -2.09. The van der Waals surface area contributed by atoms with Crippen LogP contribution in [0.3, 0.4) is 0 Å². The van der Waals surface area contributed by atoms with Gasteiger partial charge in [0.2, 0.25) is 0 Å². The summed E-state index contributed by atoms with van der Waals surface area (Å²) >= 11 is 5.89. The maximum absolute atomic E-state index is 11.8. The third kappa shape index (κ3) is 4.33. The van der Waals surface area contributed by atoms with Crippen LogP contribution >= 0.6 is 11.6 Å². The quantitative estimate of drug-likeness (QED) is 0.862. The molecule has 5 heteroatoms. The molecule has 2 aromatic carbocycles. The summed E-state index contributed by atoms with van der Waals surface area (Å²) in [6.45, 7) is 2.03. The summed E-state index contributed by atoms with van der Waals surface area (Å²) in [7, 11) is 0. The van der Waals surface area contributed by atoms with Crippen LogP contribution in [0.2, 0.25) is 5.02 Å². The van der Waals surface area contributed by atoms with Crippen molar-refractivity contribution in [2.24, 2.45) is 0 Å². The molecule has 0 saturated heterocycles. The van der Waals surface area contributed by atoms with Crippen molar-refractivity contribution in [2.75, 3.05) is 6.61 Å². The van der Waals surface area contributed by atoms with Crippen molar-refractivity contribution in [3.8, 4) is 0 Å². The van der Waals surface area contributed by atoms with Crippen molar-refractivity contribution >= 4 is 23.5 Å². The van der Waals surface area contributed by atoms with Crippen LogP contribution in [0.4, 0.5) is 0 Å². The topological polar surface area (TPSA) is 55.4 Å². The van der Waals surface area contributed by atoms with Gasteiger partial charge in [-0.05, 0) is 30.2 Å². The lowest BCUT2D eigenvalue weighted by molar-refractivity contribution is -0.124. The third-order valence-corrected chi connectivity index (χ3v) is 3.49. The molecule has 0 fully saturated rings. The molecule has 0 aromatic heterocycles. The summed E-state index contributed by atoms with van der Waals surface area (Å²) in [5.74, 6) is -0.972. The van der Waals surface area contributed by atoms with Crippen molar-refractivity contribution in [3.63, 3.8) is 0 Å². The average molecular weight is 318 g/mol. The van der Waals surface area contributed by atoms with Gasteiger partial charge < -0.3 is 10.1 Å². The van der Waals surface area contributed by atoms with Gasteiger partial charge in [-0.3, -0.25) is 4.79 Å². The van der Waals surface area contributed by atoms with Gasteiger partial charge in [0.1, 0.15) is 0 Å². The second-order valence-corrected chi connectivity index (χ2v) is 5.17. The first-order valence-electron chi connectivity index (χ1n) is 6.81. The van der Waals surface area contributed by atoms with Crippen molar-refractivity contribution in [1.82, 2.24) is 5.32 Å². The summed E-state index contributed by atoms with van der Waals surface area (Å²) < 4.78 is 4.95. The molecule has 0 unspecified atom stereocenters. The number of esters is 1. The SMILES string of the molecule is Cc1ccccc1CNC(=O)COC(=O)c1ccccc1Cl. The Morgan fingerprint density at radius 3 is 2.50 bits per heavy atom. The highest BCUT2D eigenvalue weighted by molar-refractivity contribution is 6.33. The van der Waals surface area contributed by atoms with Crippen molar-refractivity contribution in [2.45, 2.75) is 13.5 Å². The Kier molecular flexibility index (Phi) is 5.55. The molecule has 2 aromatic rings. The fraction of sp³-hybridized carbons (Fsp3) is 0.176. The van der Waals surface area contributed by atoms with E-state index in [1.165, 1.54) is 0 Å². The molecule has 22 heavy (non-hydrogen) atoms. The fourth-order valence-corrected chi connectivity index (χ4v) is 2.10. The monoisotopic (exact) mass is 317 g/mol. The Balaban J connectivity index is 1.82. The zero-order chi connectivity index (χ0) is 15.9. The van der Waals surface area contributed by atoms with Gasteiger partial charge in [0.25, 0.3) is 5.91 Å². The molecule has 4 nitrogen and oxygen atoms in total. The third-order valence-electron chi connectivity index (χ3n) is 3.17. The number of nitrogens with one attached hydrogen (secondary N) is 1. The van der Waals surface area contributed by atoms with Crippen LogP contribution in [0.25, 0.3) is 0 Å². The smallest absolute Gasteiger partial charge is 0.340 e. The van der Waals surface area contributed by atoms with E-state index in [9.17, 15) is 9.59 Å². The summed E-state index contributed by atoms with van der Waals surface area (Å²) in [4.78, 5) is 23.5. The molecular weight excluding hydrogens is 302 g/mol. The highest BCUT2D eigenvalue weighted by Gasteiger charge is 2.13. The number of carbonyl (C=O) groups is 2. The van der Waals surface area contributed by atoms with E-state index in [-0.39, 0.29) is 18.1 Å². The Hall–Kier alpha value is -2.33. The average Bonchev–Trinajstić information content (AvgIpc) is 2.52. The van der Waals surface area contributed by atoms with Gasteiger partial charge in [0.15, 0.2) is 6.61 Å². The van der Waals surface area contributed by atoms with E-state index in [1.807, 2.05) is 31.2 Å². The van der Waals surface area contributed by atoms with Crippen LogP contribution < -0.4 is 5.32 Å². The maximum atomic E-state index is 11.8. The molecular formula is C17H16ClNO3. The molecule has 0 spiro atoms. The molecule has 0 aliphatic carbocycles. The Labute approximate surface area is 134 Å². The van der Waals surface area contributed by atoms with E-state index in [1.54, 1.807) is 24.3 Å². The molecule has 0 bridgehead atoms. The van der Waals surface area contributed by atoms with Gasteiger partial charge in [-0.15, -0.1) is 0 Å². The van der Waals surface area contributed by atoms with Crippen LogP contribution in [0.15, 0.2) is 48.5 Å². The highest BCUT2D eigenvalue weighted by atomic mass is 35.5. The number of amides is 1. The molecule has 0 aliphatic rings. The molecule has 0 heterocycles. The van der Waals surface area contributed by atoms with Crippen LogP contribution in [-0.4, -0.2) is 18.5 Å². The van der Waals surface area contributed by atoms with Gasteiger partial charge in [-0.2, -0.15) is 0 Å². The Morgan fingerprint density at radius 2 is 1.77 bits per heavy atom. The lowest BCUT2D eigenvalue weighted by atomic mass is 10.1. The highest BCUT2D eigenvalue weighted by Crippen LogP contribution is 2.15. The predicted octanol–water partition coefficient (Wildman–Crippen LogP) is 3.12. The molecule has 2 rings (SSSR count). The summed E-state index contributed by atoms with van der Waals surface area (Å²) in [5, 5.41) is 3.01. The normalized spacial score (nSPS) is 10.1. The predicted molar refractivity (Wildman–Crippen MR) is 84.8 cm³/mol. The van der Waals surface area contributed by atoms with E-state index < -0.39 is 5.97 Å². The van der Waals surface area contributed by atoms with Crippen LogP contribution in [0.1, 0.15) is 21.5 Å². The minimum atomic E-state index is -0.614. The minimum absolute atomic E-state index is 0.246. The second kappa shape index (κ2) is 7.61. The maximum Gasteiger partial charge on any atom is 0.340 e. The van der Waals surface area contributed by atoms with Gasteiger partial charge in [0.05, 0.1) is 10.6 Å². The zero-order valence-electron chi connectivity index (χ0n) is 12.1. The van der Waals surface area contributed by atoms with E-state index in [4.69, 9.17) is 16.3 Å². The van der Waals surface area contributed by atoms with Crippen LogP contribution in [0.5, 0.6) is 0 Å². The van der Waals surface area contributed by atoms with E-state index in [2.05, 4.69) is 5.32 Å². The number of benzene rings is 2. The minimum Gasteiger partial charge on any atom is -0.452 e. The zero-order valence-corrected chi connectivity index (χ0v) is 12.9. The van der Waals surface area contributed by atoms with Crippen molar-refractivity contribution < 1.29 is 14.3 Å². The van der Waals surface area contributed by atoms with Gasteiger partial charge in [-0.1, -0.05) is 48.0 Å². The fourth-order valence-electron chi connectivity index (χ4n) is 1.89. The van der Waals surface area contributed by atoms with Crippen molar-refractivity contribution in [1.29, 1.82) is 0 Å². The summed E-state index contributed by atoms with van der Waals surface area (Å²) in [6.07, 6.45) is 0. The molecule has 1 N–H and O–H groups in total. The number of hydrogen-bond donors (Lipinski definition) is 1. The van der Waals surface area contributed by atoms with E-state index >= 15 is 0 Å². The molecule has 0 aliphatic heterocycles. The molecule has 1 amide bonds. The Morgan fingerprint density at radius 1 is 1.09 bits per heavy atom. The molecule has 114 valence electrons. The largest absolute Gasteiger partial charge is 0.452 e. The van der Waals surface area contributed by atoms with E-state index in [0.29, 0.717) is 11.6 Å². The Bertz CT molecular complexity index is 685. The number of aryl methyl sites for hydroxylation is 1. The first-order chi connectivity index (χ1) is 10.6. The van der Waals surface area contributed by atoms with Crippen LogP contribution in [0, 0.1) is 6.92 Å². The standard InChI is InChI=1S/C17H16ClNO3/c1-12-6-2-3-7-13(12)10-19-16(20)11-22-17(21)14-8-4-5-9-15(14)18/h2-9H,10-11H2,1H3,(H,19,20). The number of rotatable bonds is 5. The molecule has 0 radical (unpaired) electrons. The first-order valence-corrected chi connectivity index (χ1v) is 7.18. The molecule has 0 atom stereocenters. The first kappa shape index (κ1) is 16.0.